The van der Waals surface area contributed by atoms with Crippen LogP contribution in [0.3, 0.4) is 0 Å². The van der Waals surface area contributed by atoms with Crippen molar-refractivity contribution in [1.82, 2.24) is 9.80 Å². The molecule has 2 aliphatic rings. The van der Waals surface area contributed by atoms with E-state index in [-0.39, 0.29) is 6.10 Å². The average Bonchev–Trinajstić information content (AvgIpc) is 2.67. The van der Waals surface area contributed by atoms with Crippen molar-refractivity contribution in [3.05, 3.63) is 35.9 Å². The van der Waals surface area contributed by atoms with Gasteiger partial charge in [-0.05, 0) is 56.7 Å². The minimum atomic E-state index is -0.358. The lowest BCUT2D eigenvalue weighted by atomic mass is 9.87. The highest BCUT2D eigenvalue weighted by atomic mass is 16.3. The molecule has 0 spiro atoms. The van der Waals surface area contributed by atoms with Gasteiger partial charge in [0.05, 0.1) is 6.10 Å². The Kier molecular flexibility index (Phi) is 6.27. The summed E-state index contributed by atoms with van der Waals surface area (Å²) < 4.78 is 0. The zero-order valence-electron chi connectivity index (χ0n) is 14.6. The molecule has 2 heterocycles. The second-order valence-electron chi connectivity index (χ2n) is 7.23. The second kappa shape index (κ2) is 8.63. The van der Waals surface area contributed by atoms with Crippen molar-refractivity contribution in [2.24, 2.45) is 5.92 Å². The molecule has 4 nitrogen and oxygen atoms in total. The number of aliphatic hydroxyl groups excluding tert-OH is 1. The summed E-state index contributed by atoms with van der Waals surface area (Å²) in [6.07, 6.45) is 5.89. The standard InChI is InChI=1S/C20H30N2O2/c23-19(22-12-5-2-6-13-22)11-16-21-14-9-18(10-15-21)20(24)17-7-3-1-4-8-17/h1,3-4,7-8,18,20,24H,2,5-6,9-16H2. The lowest BCUT2D eigenvalue weighted by molar-refractivity contribution is -0.132. The maximum absolute atomic E-state index is 12.3. The third-order valence-corrected chi connectivity index (χ3v) is 5.57. The lowest BCUT2D eigenvalue weighted by Gasteiger charge is -2.35. The van der Waals surface area contributed by atoms with E-state index in [1.54, 1.807) is 0 Å². The second-order valence-corrected chi connectivity index (χ2v) is 7.23. The molecular weight excluding hydrogens is 300 g/mol. The van der Waals surface area contributed by atoms with Crippen LogP contribution in [0.2, 0.25) is 0 Å². The van der Waals surface area contributed by atoms with E-state index >= 15 is 0 Å². The number of hydrogen-bond donors (Lipinski definition) is 1. The molecule has 1 N–H and O–H groups in total. The molecular formula is C20H30N2O2. The first-order valence-electron chi connectivity index (χ1n) is 9.47. The van der Waals surface area contributed by atoms with Crippen LogP contribution in [-0.2, 0) is 4.79 Å². The largest absolute Gasteiger partial charge is 0.388 e. The summed E-state index contributed by atoms with van der Waals surface area (Å²) in [6.45, 7) is 4.74. The van der Waals surface area contributed by atoms with Crippen LogP contribution in [-0.4, -0.2) is 53.5 Å². The first-order valence-corrected chi connectivity index (χ1v) is 9.47. The Morgan fingerprint density at radius 1 is 1.04 bits per heavy atom. The highest BCUT2D eigenvalue weighted by Gasteiger charge is 2.26. The van der Waals surface area contributed by atoms with Gasteiger partial charge in [0.25, 0.3) is 0 Å². The Labute approximate surface area is 145 Å². The van der Waals surface area contributed by atoms with Crippen LogP contribution in [0.4, 0.5) is 0 Å². The number of nitrogens with zero attached hydrogens (tertiary/aromatic N) is 2. The number of carbonyl (C=O) groups excluding carboxylic acids is 1. The van der Waals surface area contributed by atoms with Crippen molar-refractivity contribution < 1.29 is 9.90 Å². The molecule has 1 aromatic carbocycles. The van der Waals surface area contributed by atoms with E-state index < -0.39 is 0 Å². The van der Waals surface area contributed by atoms with Crippen molar-refractivity contribution in [3.8, 4) is 0 Å². The normalized spacial score (nSPS) is 21.6. The number of benzene rings is 1. The van der Waals surface area contributed by atoms with Gasteiger partial charge in [0, 0.05) is 26.1 Å². The van der Waals surface area contributed by atoms with E-state index in [0.29, 0.717) is 18.2 Å². The van der Waals surface area contributed by atoms with Gasteiger partial charge in [0.1, 0.15) is 0 Å². The van der Waals surface area contributed by atoms with Gasteiger partial charge in [-0.3, -0.25) is 4.79 Å². The number of aliphatic hydroxyl groups is 1. The SMILES string of the molecule is O=C(CCN1CCC(C(O)c2ccccc2)CC1)N1CCCCC1. The van der Waals surface area contributed by atoms with Gasteiger partial charge in [0.2, 0.25) is 5.91 Å². The van der Waals surface area contributed by atoms with E-state index in [1.165, 1.54) is 6.42 Å². The molecule has 4 heteroatoms. The smallest absolute Gasteiger partial charge is 0.223 e. The molecule has 2 fully saturated rings. The summed E-state index contributed by atoms with van der Waals surface area (Å²) in [5.74, 6) is 0.655. The van der Waals surface area contributed by atoms with E-state index in [0.717, 1.165) is 64.0 Å². The molecule has 1 atom stereocenters. The quantitative estimate of drug-likeness (QED) is 0.903. The molecule has 2 saturated heterocycles. The Morgan fingerprint density at radius 2 is 1.71 bits per heavy atom. The Hall–Kier alpha value is -1.39. The topological polar surface area (TPSA) is 43.8 Å². The van der Waals surface area contributed by atoms with Crippen LogP contribution >= 0.6 is 0 Å². The Bertz CT molecular complexity index is 506. The fraction of sp³-hybridized carbons (Fsp3) is 0.650. The maximum Gasteiger partial charge on any atom is 0.223 e. The Balaban J connectivity index is 1.39. The monoisotopic (exact) mass is 330 g/mol. The highest BCUT2D eigenvalue weighted by molar-refractivity contribution is 5.76. The molecule has 1 amide bonds. The average molecular weight is 330 g/mol. The fourth-order valence-electron chi connectivity index (χ4n) is 3.97. The molecule has 0 aromatic heterocycles. The third-order valence-electron chi connectivity index (χ3n) is 5.57. The molecule has 0 saturated carbocycles. The van der Waals surface area contributed by atoms with E-state index in [4.69, 9.17) is 0 Å². The van der Waals surface area contributed by atoms with Crippen molar-refractivity contribution in [1.29, 1.82) is 0 Å². The van der Waals surface area contributed by atoms with Crippen molar-refractivity contribution in [2.45, 2.75) is 44.6 Å². The number of likely N-dealkylation sites (tertiary alicyclic amines) is 2. The van der Waals surface area contributed by atoms with Crippen molar-refractivity contribution >= 4 is 5.91 Å². The van der Waals surface area contributed by atoms with E-state index in [9.17, 15) is 9.90 Å². The molecule has 2 aliphatic heterocycles. The minimum absolute atomic E-state index is 0.321. The van der Waals surface area contributed by atoms with E-state index in [1.807, 2.05) is 35.2 Å². The van der Waals surface area contributed by atoms with Crippen molar-refractivity contribution in [2.75, 3.05) is 32.7 Å². The molecule has 0 aliphatic carbocycles. The zero-order chi connectivity index (χ0) is 16.8. The molecule has 1 aromatic rings. The molecule has 1 unspecified atom stereocenters. The first kappa shape index (κ1) is 17.4. The summed E-state index contributed by atoms with van der Waals surface area (Å²) in [6, 6.07) is 9.97. The Morgan fingerprint density at radius 3 is 2.38 bits per heavy atom. The van der Waals surface area contributed by atoms with Gasteiger partial charge in [0.15, 0.2) is 0 Å². The predicted octanol–water partition coefficient (Wildman–Crippen LogP) is 2.83. The number of carbonyl (C=O) groups is 1. The fourth-order valence-corrected chi connectivity index (χ4v) is 3.97. The third kappa shape index (κ3) is 4.58. The number of piperidine rings is 2. The molecule has 24 heavy (non-hydrogen) atoms. The lowest BCUT2D eigenvalue weighted by Crippen LogP contribution is -2.40. The highest BCUT2D eigenvalue weighted by Crippen LogP contribution is 2.30. The first-order chi connectivity index (χ1) is 11.7. The van der Waals surface area contributed by atoms with Gasteiger partial charge in [-0.2, -0.15) is 0 Å². The summed E-state index contributed by atoms with van der Waals surface area (Å²) in [7, 11) is 0. The van der Waals surface area contributed by atoms with Crippen LogP contribution in [0.1, 0.15) is 50.2 Å². The van der Waals surface area contributed by atoms with Gasteiger partial charge in [-0.1, -0.05) is 30.3 Å². The maximum atomic E-state index is 12.3. The van der Waals surface area contributed by atoms with Crippen LogP contribution in [0.15, 0.2) is 30.3 Å². The molecule has 132 valence electrons. The molecule has 3 rings (SSSR count). The number of amides is 1. The molecule has 0 bridgehead atoms. The number of rotatable bonds is 5. The van der Waals surface area contributed by atoms with Crippen LogP contribution < -0.4 is 0 Å². The summed E-state index contributed by atoms with van der Waals surface area (Å²) in [5, 5.41) is 10.5. The number of hydrogen-bond acceptors (Lipinski definition) is 3. The van der Waals surface area contributed by atoms with Crippen LogP contribution in [0.5, 0.6) is 0 Å². The summed E-state index contributed by atoms with van der Waals surface area (Å²) in [5.41, 5.74) is 1.02. The predicted molar refractivity (Wildman–Crippen MR) is 95.6 cm³/mol. The van der Waals surface area contributed by atoms with Gasteiger partial charge in [-0.15, -0.1) is 0 Å². The zero-order valence-corrected chi connectivity index (χ0v) is 14.6. The molecule has 0 radical (unpaired) electrons. The van der Waals surface area contributed by atoms with Crippen LogP contribution in [0, 0.1) is 5.92 Å². The van der Waals surface area contributed by atoms with Crippen molar-refractivity contribution in [3.63, 3.8) is 0 Å². The van der Waals surface area contributed by atoms with Gasteiger partial charge >= 0.3 is 0 Å². The summed E-state index contributed by atoms with van der Waals surface area (Å²) >= 11 is 0. The summed E-state index contributed by atoms with van der Waals surface area (Å²) in [4.78, 5) is 16.7. The minimum Gasteiger partial charge on any atom is -0.388 e. The van der Waals surface area contributed by atoms with Crippen LogP contribution in [0.25, 0.3) is 0 Å². The van der Waals surface area contributed by atoms with Gasteiger partial charge in [-0.25, -0.2) is 0 Å². The van der Waals surface area contributed by atoms with Gasteiger partial charge < -0.3 is 14.9 Å². The van der Waals surface area contributed by atoms with E-state index in [2.05, 4.69) is 4.90 Å².